The number of fused-ring (bicyclic) bond motifs is 8. The predicted octanol–water partition coefficient (Wildman–Crippen LogP) is 6.35. The van der Waals surface area contributed by atoms with E-state index in [-0.39, 0.29) is 39.6 Å². The van der Waals surface area contributed by atoms with Crippen LogP contribution in [0.25, 0.3) is 0 Å². The molecule has 34 heavy (non-hydrogen) atoms. The van der Waals surface area contributed by atoms with Crippen molar-refractivity contribution in [1.29, 1.82) is 0 Å². The SMILES string of the molecule is CC1(C)CCC2(CO)CCC3C(C(=O)CC4C3(C)CCC3C(C)(C)c5oncc5CC34C)C2C1. The van der Waals surface area contributed by atoms with Crippen LogP contribution in [0.3, 0.4) is 0 Å². The number of hydrogen-bond donors (Lipinski definition) is 1. The van der Waals surface area contributed by atoms with Crippen molar-refractivity contribution in [1.82, 2.24) is 5.16 Å². The molecule has 5 aliphatic carbocycles. The molecule has 0 amide bonds. The molecule has 0 bridgehead atoms. The van der Waals surface area contributed by atoms with Gasteiger partial charge in [-0.15, -0.1) is 0 Å². The molecule has 0 spiro atoms. The van der Waals surface area contributed by atoms with Crippen LogP contribution in [0.1, 0.15) is 104 Å². The van der Waals surface area contributed by atoms with Crippen LogP contribution in [-0.2, 0) is 16.6 Å². The number of aliphatic hydroxyl groups excluding tert-OH is 1. The van der Waals surface area contributed by atoms with E-state index in [4.69, 9.17) is 4.52 Å². The summed E-state index contributed by atoms with van der Waals surface area (Å²) in [5, 5.41) is 14.8. The minimum absolute atomic E-state index is 0.0269. The van der Waals surface area contributed by atoms with Gasteiger partial charge in [-0.2, -0.15) is 0 Å². The smallest absolute Gasteiger partial charge is 0.145 e. The Hall–Kier alpha value is -1.16. The van der Waals surface area contributed by atoms with E-state index in [0.29, 0.717) is 29.5 Å². The number of nitrogens with zero attached hydrogens (tertiary/aromatic N) is 1. The first-order valence-corrected chi connectivity index (χ1v) is 14.0. The molecule has 188 valence electrons. The molecule has 5 aliphatic rings. The molecule has 1 heterocycles. The molecule has 8 unspecified atom stereocenters. The van der Waals surface area contributed by atoms with E-state index in [2.05, 4.69) is 46.7 Å². The zero-order valence-corrected chi connectivity index (χ0v) is 22.2. The first-order chi connectivity index (χ1) is 15.9. The lowest BCUT2D eigenvalue weighted by molar-refractivity contribution is -0.199. The van der Waals surface area contributed by atoms with Gasteiger partial charge in [-0.05, 0) is 96.7 Å². The molecule has 0 aromatic carbocycles. The van der Waals surface area contributed by atoms with E-state index in [1.54, 1.807) is 0 Å². The Morgan fingerprint density at radius 1 is 0.971 bits per heavy atom. The summed E-state index contributed by atoms with van der Waals surface area (Å²) < 4.78 is 5.79. The Balaban J connectivity index is 1.41. The van der Waals surface area contributed by atoms with Crippen LogP contribution in [0.4, 0.5) is 0 Å². The lowest BCUT2D eigenvalue weighted by atomic mass is 9.35. The maximum absolute atomic E-state index is 14.2. The van der Waals surface area contributed by atoms with Crippen molar-refractivity contribution in [2.45, 2.75) is 105 Å². The molecule has 0 saturated heterocycles. The van der Waals surface area contributed by atoms with E-state index in [0.717, 1.165) is 44.3 Å². The van der Waals surface area contributed by atoms with Gasteiger partial charge in [0.05, 0.1) is 6.20 Å². The second-order valence-electron chi connectivity index (χ2n) is 15.1. The molecular weight excluding hydrogens is 422 g/mol. The third-order valence-electron chi connectivity index (χ3n) is 12.6. The van der Waals surface area contributed by atoms with Gasteiger partial charge in [0.1, 0.15) is 11.5 Å². The van der Waals surface area contributed by atoms with E-state index in [1.165, 1.54) is 24.8 Å². The number of carbonyl (C=O) groups is 1. The Bertz CT molecular complexity index is 1010. The van der Waals surface area contributed by atoms with Crippen molar-refractivity contribution in [2.24, 2.45) is 51.2 Å². The van der Waals surface area contributed by atoms with E-state index >= 15 is 0 Å². The summed E-state index contributed by atoms with van der Waals surface area (Å²) in [4.78, 5) is 14.2. The molecule has 4 saturated carbocycles. The molecule has 1 aromatic rings. The Morgan fingerprint density at radius 2 is 1.74 bits per heavy atom. The first kappa shape index (κ1) is 23.3. The standard InChI is InChI=1S/C30H45NO3/c1-26(2)11-12-30(17-32)10-7-19-24(20(30)15-26)21(33)13-23-28(19,5)9-8-22-27(3,4)25-18(16-31-34-25)14-29(22,23)6/h16,19-20,22-24,32H,7-15,17H2,1-6H3. The average molecular weight is 468 g/mol. The molecule has 0 radical (unpaired) electrons. The van der Waals surface area contributed by atoms with Crippen molar-refractivity contribution >= 4 is 5.78 Å². The molecule has 8 atom stereocenters. The van der Waals surface area contributed by atoms with E-state index in [9.17, 15) is 9.90 Å². The lowest BCUT2D eigenvalue weighted by Gasteiger charge is -2.68. The number of aliphatic hydroxyl groups is 1. The van der Waals surface area contributed by atoms with Gasteiger partial charge >= 0.3 is 0 Å². The summed E-state index contributed by atoms with van der Waals surface area (Å²) in [7, 11) is 0. The molecular formula is C30H45NO3. The van der Waals surface area contributed by atoms with Gasteiger partial charge < -0.3 is 9.63 Å². The van der Waals surface area contributed by atoms with Crippen molar-refractivity contribution in [3.63, 3.8) is 0 Å². The minimum Gasteiger partial charge on any atom is -0.396 e. The normalized spacial score (nSPS) is 48.7. The van der Waals surface area contributed by atoms with Crippen LogP contribution in [0.2, 0.25) is 0 Å². The zero-order valence-electron chi connectivity index (χ0n) is 22.2. The molecule has 4 fully saturated rings. The summed E-state index contributed by atoms with van der Waals surface area (Å²) in [6, 6.07) is 0. The van der Waals surface area contributed by atoms with Gasteiger partial charge in [0.25, 0.3) is 0 Å². The van der Waals surface area contributed by atoms with Crippen molar-refractivity contribution in [2.75, 3.05) is 6.61 Å². The third kappa shape index (κ3) is 2.81. The minimum atomic E-state index is -0.0495. The monoisotopic (exact) mass is 467 g/mol. The summed E-state index contributed by atoms with van der Waals surface area (Å²) in [6.07, 6.45) is 11.6. The topological polar surface area (TPSA) is 63.3 Å². The molecule has 0 aliphatic heterocycles. The highest BCUT2D eigenvalue weighted by Crippen LogP contribution is 2.72. The third-order valence-corrected chi connectivity index (χ3v) is 12.6. The summed E-state index contributed by atoms with van der Waals surface area (Å²) in [5.41, 5.74) is 1.74. The van der Waals surface area contributed by atoms with Crippen LogP contribution in [0, 0.1) is 51.2 Å². The molecule has 6 rings (SSSR count). The summed E-state index contributed by atoms with van der Waals surface area (Å²) >= 11 is 0. The van der Waals surface area contributed by atoms with Crippen LogP contribution in [0.5, 0.6) is 0 Å². The van der Waals surface area contributed by atoms with Gasteiger partial charge in [-0.1, -0.05) is 46.7 Å². The van der Waals surface area contributed by atoms with Crippen LogP contribution in [0.15, 0.2) is 10.7 Å². The van der Waals surface area contributed by atoms with Gasteiger partial charge in [0.15, 0.2) is 0 Å². The number of hydrogen-bond acceptors (Lipinski definition) is 4. The van der Waals surface area contributed by atoms with Crippen LogP contribution in [-0.4, -0.2) is 22.7 Å². The summed E-state index contributed by atoms with van der Waals surface area (Å²) in [5.74, 6) is 3.47. The number of carbonyl (C=O) groups excluding carboxylic acids is 1. The number of aromatic nitrogens is 1. The number of rotatable bonds is 1. The molecule has 1 aromatic heterocycles. The largest absolute Gasteiger partial charge is 0.396 e. The number of ketones is 1. The zero-order chi connectivity index (χ0) is 24.3. The van der Waals surface area contributed by atoms with E-state index in [1.807, 2.05) is 6.20 Å². The number of Topliss-reactive ketones (excluding diaryl/α,β-unsaturated/α-hetero) is 1. The fourth-order valence-corrected chi connectivity index (χ4v) is 11.0. The van der Waals surface area contributed by atoms with Gasteiger partial charge in [-0.25, -0.2) is 0 Å². The predicted molar refractivity (Wildman–Crippen MR) is 132 cm³/mol. The highest BCUT2D eigenvalue weighted by atomic mass is 16.5. The quantitative estimate of drug-likeness (QED) is 0.523. The highest BCUT2D eigenvalue weighted by Gasteiger charge is 2.68. The fourth-order valence-electron chi connectivity index (χ4n) is 11.0. The van der Waals surface area contributed by atoms with Crippen molar-refractivity contribution < 1.29 is 14.4 Å². The first-order valence-electron chi connectivity index (χ1n) is 14.0. The average Bonchev–Trinajstić information content (AvgIpc) is 3.23. The summed E-state index contributed by atoms with van der Waals surface area (Å²) in [6.45, 7) is 14.7. The van der Waals surface area contributed by atoms with Crippen molar-refractivity contribution in [3.05, 3.63) is 17.5 Å². The maximum atomic E-state index is 14.2. The van der Waals surface area contributed by atoms with Crippen LogP contribution < -0.4 is 0 Å². The Labute approximate surface area is 205 Å². The van der Waals surface area contributed by atoms with Crippen LogP contribution >= 0.6 is 0 Å². The second-order valence-corrected chi connectivity index (χ2v) is 15.1. The Kier molecular flexibility index (Phi) is 4.78. The Morgan fingerprint density at radius 3 is 2.47 bits per heavy atom. The van der Waals surface area contributed by atoms with Gasteiger partial charge in [0.2, 0.25) is 0 Å². The maximum Gasteiger partial charge on any atom is 0.145 e. The molecule has 1 N–H and O–H groups in total. The second kappa shape index (κ2) is 6.99. The lowest BCUT2D eigenvalue weighted by Crippen LogP contribution is -2.65. The fraction of sp³-hybridized carbons (Fsp3) is 0.867. The van der Waals surface area contributed by atoms with Crippen molar-refractivity contribution in [3.8, 4) is 0 Å². The van der Waals surface area contributed by atoms with E-state index < -0.39 is 0 Å². The molecule has 4 heteroatoms. The molecule has 4 nitrogen and oxygen atoms in total. The van der Waals surface area contributed by atoms with Gasteiger partial charge in [0, 0.05) is 29.9 Å². The van der Waals surface area contributed by atoms with Gasteiger partial charge in [-0.3, -0.25) is 4.79 Å². The highest BCUT2D eigenvalue weighted by molar-refractivity contribution is 5.83.